The zero-order valence-electron chi connectivity index (χ0n) is 9.87. The number of carbonyl (C=O) groups excluding carboxylic acids is 1. The van der Waals surface area contributed by atoms with Gasteiger partial charge in [0.25, 0.3) is 0 Å². The molecule has 1 unspecified atom stereocenters. The number of fused-ring (bicyclic) bond motifs is 1. The van der Waals surface area contributed by atoms with Crippen molar-refractivity contribution < 1.29 is 4.79 Å². The van der Waals surface area contributed by atoms with Gasteiger partial charge in [-0.15, -0.1) is 11.8 Å². The van der Waals surface area contributed by atoms with E-state index in [4.69, 9.17) is 0 Å². The van der Waals surface area contributed by atoms with Crippen molar-refractivity contribution in [1.29, 1.82) is 0 Å². The predicted molar refractivity (Wildman–Crippen MR) is 70.8 cm³/mol. The van der Waals surface area contributed by atoms with Gasteiger partial charge in [0.05, 0.1) is 6.04 Å². The first-order valence-electron chi connectivity index (χ1n) is 6.38. The second-order valence-corrected chi connectivity index (χ2v) is 5.92. The van der Waals surface area contributed by atoms with Crippen LogP contribution in [0.5, 0.6) is 0 Å². The third-order valence-electron chi connectivity index (χ3n) is 3.57. The molecule has 0 aliphatic carbocycles. The Labute approximate surface area is 106 Å². The first-order valence-corrected chi connectivity index (χ1v) is 7.36. The zero-order valence-corrected chi connectivity index (χ0v) is 10.7. The molecule has 2 aliphatic heterocycles. The van der Waals surface area contributed by atoms with E-state index in [1.54, 1.807) is 0 Å². The van der Waals surface area contributed by atoms with Crippen LogP contribution >= 0.6 is 11.8 Å². The van der Waals surface area contributed by atoms with Crippen LogP contribution in [0.3, 0.4) is 0 Å². The fourth-order valence-corrected chi connectivity index (χ4v) is 3.64. The monoisotopic (exact) mass is 247 g/mol. The highest BCUT2D eigenvalue weighted by Crippen LogP contribution is 2.30. The molecule has 0 amide bonds. The fourth-order valence-electron chi connectivity index (χ4n) is 2.62. The summed E-state index contributed by atoms with van der Waals surface area (Å²) in [6.07, 6.45) is 4.47. The Morgan fingerprint density at radius 3 is 3.12 bits per heavy atom. The molecule has 0 radical (unpaired) electrons. The van der Waals surface area contributed by atoms with E-state index in [0.29, 0.717) is 0 Å². The van der Waals surface area contributed by atoms with Crippen molar-refractivity contribution in [2.45, 2.75) is 36.6 Å². The summed E-state index contributed by atoms with van der Waals surface area (Å²) in [5.74, 6) is 1.49. The molecule has 2 aliphatic rings. The second-order valence-electron chi connectivity index (χ2n) is 4.79. The number of rotatable bonds is 2. The molecule has 2 nitrogen and oxygen atoms in total. The molecule has 2 heterocycles. The molecule has 1 N–H and O–H groups in total. The number of ketones is 1. The summed E-state index contributed by atoms with van der Waals surface area (Å²) in [6.45, 7) is 0.983. The largest absolute Gasteiger partial charge is 0.307 e. The Morgan fingerprint density at radius 2 is 2.29 bits per heavy atom. The van der Waals surface area contributed by atoms with Gasteiger partial charge in [-0.2, -0.15) is 0 Å². The van der Waals surface area contributed by atoms with Gasteiger partial charge in [0.1, 0.15) is 0 Å². The highest BCUT2D eigenvalue weighted by atomic mass is 32.2. The topological polar surface area (TPSA) is 29.1 Å². The van der Waals surface area contributed by atoms with Crippen LogP contribution in [-0.2, 0) is 6.42 Å². The molecule has 1 fully saturated rings. The van der Waals surface area contributed by atoms with Crippen molar-refractivity contribution in [3.63, 3.8) is 0 Å². The van der Waals surface area contributed by atoms with Crippen LogP contribution in [0.4, 0.5) is 0 Å². The lowest BCUT2D eigenvalue weighted by atomic mass is 9.99. The summed E-state index contributed by atoms with van der Waals surface area (Å²) in [5, 5.41) is 3.28. The van der Waals surface area contributed by atoms with E-state index in [9.17, 15) is 4.79 Å². The summed E-state index contributed by atoms with van der Waals surface area (Å²) >= 11 is 1.91. The minimum absolute atomic E-state index is 0.0595. The molecular weight excluding hydrogens is 230 g/mol. The van der Waals surface area contributed by atoms with Gasteiger partial charge in [-0.3, -0.25) is 4.79 Å². The van der Waals surface area contributed by atoms with Gasteiger partial charge in [0, 0.05) is 10.5 Å². The van der Waals surface area contributed by atoms with Crippen LogP contribution < -0.4 is 5.32 Å². The summed E-state index contributed by atoms with van der Waals surface area (Å²) < 4.78 is 0. The Hall–Kier alpha value is -0.800. The molecule has 17 heavy (non-hydrogen) atoms. The molecular formula is C14H17NOS. The number of aryl methyl sites for hydroxylation is 1. The fraction of sp³-hybridized carbons (Fsp3) is 0.500. The molecule has 0 spiro atoms. The lowest BCUT2D eigenvalue weighted by Gasteiger charge is -2.17. The number of Topliss-reactive ketones (excluding diaryl/α,β-unsaturated/α-hetero) is 1. The Balaban J connectivity index is 1.85. The lowest BCUT2D eigenvalue weighted by Crippen LogP contribution is -2.30. The number of carbonyl (C=O) groups is 1. The summed E-state index contributed by atoms with van der Waals surface area (Å²) in [7, 11) is 0. The highest BCUT2D eigenvalue weighted by Gasteiger charge is 2.24. The van der Waals surface area contributed by atoms with Crippen molar-refractivity contribution in [2.24, 2.45) is 0 Å². The third kappa shape index (κ3) is 2.26. The van der Waals surface area contributed by atoms with Gasteiger partial charge < -0.3 is 5.32 Å². The molecule has 1 saturated heterocycles. The molecule has 0 saturated carbocycles. The van der Waals surface area contributed by atoms with E-state index in [1.807, 2.05) is 17.8 Å². The van der Waals surface area contributed by atoms with Gasteiger partial charge in [-0.1, -0.05) is 6.07 Å². The van der Waals surface area contributed by atoms with E-state index in [-0.39, 0.29) is 11.8 Å². The van der Waals surface area contributed by atoms with E-state index in [1.165, 1.54) is 22.6 Å². The quantitative estimate of drug-likeness (QED) is 0.815. The molecule has 90 valence electrons. The Bertz CT molecular complexity index is 438. The molecule has 1 aromatic rings. The number of hydrogen-bond acceptors (Lipinski definition) is 3. The van der Waals surface area contributed by atoms with Gasteiger partial charge in [-0.25, -0.2) is 0 Å². The van der Waals surface area contributed by atoms with Crippen LogP contribution in [-0.4, -0.2) is 24.1 Å². The maximum Gasteiger partial charge on any atom is 0.179 e. The van der Waals surface area contributed by atoms with Gasteiger partial charge in [-0.05, 0) is 55.7 Å². The third-order valence-corrected chi connectivity index (χ3v) is 4.77. The SMILES string of the molecule is O=C(c1ccc2c(c1)CCCS2)C1CCCN1. The average molecular weight is 247 g/mol. The molecule has 1 atom stereocenters. The molecule has 3 rings (SSSR count). The van der Waals surface area contributed by atoms with Crippen molar-refractivity contribution in [2.75, 3.05) is 12.3 Å². The van der Waals surface area contributed by atoms with E-state index < -0.39 is 0 Å². The standard InChI is InChI=1S/C14H17NOS/c16-14(12-4-1-7-15-12)11-5-6-13-10(9-11)3-2-8-17-13/h5-6,9,12,15H,1-4,7-8H2. The highest BCUT2D eigenvalue weighted by molar-refractivity contribution is 7.99. The van der Waals surface area contributed by atoms with Crippen molar-refractivity contribution in [1.82, 2.24) is 5.32 Å². The maximum absolute atomic E-state index is 12.3. The van der Waals surface area contributed by atoms with E-state index >= 15 is 0 Å². The summed E-state index contributed by atoms with van der Waals surface area (Å²) in [4.78, 5) is 13.6. The molecule has 0 aromatic heterocycles. The first-order chi connectivity index (χ1) is 8.34. The summed E-state index contributed by atoms with van der Waals surface area (Å²) in [5.41, 5.74) is 2.26. The first kappa shape index (κ1) is 11.3. The van der Waals surface area contributed by atoms with E-state index in [2.05, 4.69) is 17.4 Å². The number of benzene rings is 1. The number of thioether (sulfide) groups is 1. The minimum Gasteiger partial charge on any atom is -0.307 e. The van der Waals surface area contributed by atoms with Crippen molar-refractivity contribution in [3.8, 4) is 0 Å². The average Bonchev–Trinajstić information content (AvgIpc) is 2.91. The van der Waals surface area contributed by atoms with Crippen LogP contribution in [0.2, 0.25) is 0 Å². The molecule has 3 heteroatoms. The molecule has 1 aromatic carbocycles. The second kappa shape index (κ2) is 4.83. The summed E-state index contributed by atoms with van der Waals surface area (Å²) in [6, 6.07) is 6.30. The van der Waals surface area contributed by atoms with E-state index in [0.717, 1.165) is 31.4 Å². The van der Waals surface area contributed by atoms with Gasteiger partial charge in [0.15, 0.2) is 5.78 Å². The number of nitrogens with one attached hydrogen (secondary N) is 1. The predicted octanol–water partition coefficient (Wildman–Crippen LogP) is 2.66. The van der Waals surface area contributed by atoms with Gasteiger partial charge >= 0.3 is 0 Å². The number of hydrogen-bond donors (Lipinski definition) is 1. The Kier molecular flexibility index (Phi) is 3.21. The van der Waals surface area contributed by atoms with Crippen LogP contribution in [0.25, 0.3) is 0 Å². The van der Waals surface area contributed by atoms with Gasteiger partial charge in [0.2, 0.25) is 0 Å². The van der Waals surface area contributed by atoms with Crippen molar-refractivity contribution in [3.05, 3.63) is 29.3 Å². The minimum atomic E-state index is 0.0595. The Morgan fingerprint density at radius 1 is 1.35 bits per heavy atom. The molecule has 0 bridgehead atoms. The smallest absolute Gasteiger partial charge is 0.179 e. The maximum atomic E-state index is 12.3. The zero-order chi connectivity index (χ0) is 11.7. The van der Waals surface area contributed by atoms with Crippen LogP contribution in [0, 0.1) is 0 Å². The lowest BCUT2D eigenvalue weighted by molar-refractivity contribution is 0.0952. The normalized spacial score (nSPS) is 23.4. The van der Waals surface area contributed by atoms with Crippen molar-refractivity contribution >= 4 is 17.5 Å². The van der Waals surface area contributed by atoms with Crippen LogP contribution in [0.1, 0.15) is 35.2 Å². The van der Waals surface area contributed by atoms with Crippen LogP contribution in [0.15, 0.2) is 23.1 Å².